The van der Waals surface area contributed by atoms with Gasteiger partial charge < -0.3 is 5.11 Å². The predicted octanol–water partition coefficient (Wildman–Crippen LogP) is 2.42. The van der Waals surface area contributed by atoms with Gasteiger partial charge in [-0.15, -0.1) is 11.3 Å². The van der Waals surface area contributed by atoms with Gasteiger partial charge in [0.05, 0.1) is 6.10 Å². The smallest absolute Gasteiger partial charge is 0.138 e. The molecule has 4 nitrogen and oxygen atoms in total. The Hall–Kier alpha value is -1.20. The molecule has 2 aromatic heterocycles. The molecule has 0 amide bonds. The van der Waals surface area contributed by atoms with Crippen LogP contribution in [0.3, 0.4) is 0 Å². The van der Waals surface area contributed by atoms with Crippen LogP contribution in [0.15, 0.2) is 12.4 Å². The van der Waals surface area contributed by atoms with E-state index in [4.69, 9.17) is 0 Å². The molecule has 5 heteroatoms. The third kappa shape index (κ3) is 2.72. The highest BCUT2D eigenvalue weighted by Crippen LogP contribution is 2.33. The van der Waals surface area contributed by atoms with Crippen LogP contribution in [0.2, 0.25) is 0 Å². The number of nitrogens with zero attached hydrogens (tertiary/aromatic N) is 3. The van der Waals surface area contributed by atoms with E-state index in [9.17, 15) is 5.11 Å². The molecule has 1 aliphatic rings. The minimum absolute atomic E-state index is 0.458. The average Bonchev–Trinajstić information content (AvgIpc) is 2.91. The molecular formula is C14H19N3OS. The van der Waals surface area contributed by atoms with Gasteiger partial charge in [0.2, 0.25) is 0 Å². The van der Waals surface area contributed by atoms with Crippen LogP contribution in [0.4, 0.5) is 0 Å². The van der Waals surface area contributed by atoms with Gasteiger partial charge in [0.1, 0.15) is 12.2 Å². The Morgan fingerprint density at radius 3 is 3.00 bits per heavy atom. The summed E-state index contributed by atoms with van der Waals surface area (Å²) in [5.41, 5.74) is 1.45. The second-order valence-corrected chi connectivity index (χ2v) is 6.35. The lowest BCUT2D eigenvalue weighted by Crippen LogP contribution is -2.06. The second kappa shape index (κ2) is 5.43. The molecule has 1 atom stereocenters. The molecule has 0 fully saturated rings. The summed E-state index contributed by atoms with van der Waals surface area (Å²) in [7, 11) is 1.86. The average molecular weight is 277 g/mol. The first-order valence-electron chi connectivity index (χ1n) is 6.86. The van der Waals surface area contributed by atoms with Gasteiger partial charge in [-0.3, -0.25) is 4.68 Å². The lowest BCUT2D eigenvalue weighted by molar-refractivity contribution is 0.178. The fourth-order valence-corrected chi connectivity index (χ4v) is 3.88. The Balaban J connectivity index is 1.77. The van der Waals surface area contributed by atoms with Crippen LogP contribution < -0.4 is 0 Å². The van der Waals surface area contributed by atoms with Crippen LogP contribution in [-0.2, 0) is 26.3 Å². The molecule has 1 N–H and O–H groups in total. The first kappa shape index (κ1) is 12.8. The molecule has 2 heterocycles. The van der Waals surface area contributed by atoms with E-state index in [0.717, 1.165) is 10.7 Å². The quantitative estimate of drug-likeness (QED) is 0.877. The van der Waals surface area contributed by atoms with E-state index in [1.807, 2.05) is 7.05 Å². The summed E-state index contributed by atoms with van der Waals surface area (Å²) in [6.45, 7) is 0. The zero-order valence-electron chi connectivity index (χ0n) is 11.2. The number of aliphatic hydroxyl groups excluding tert-OH is 1. The normalized spacial score (nSPS) is 16.9. The highest BCUT2D eigenvalue weighted by molar-refractivity contribution is 7.12. The number of rotatable bonds is 3. The first-order chi connectivity index (χ1) is 9.24. The third-order valence-corrected chi connectivity index (χ3v) is 5.11. The molecule has 0 radical (unpaired) electrons. The SMILES string of the molecule is Cn1ncnc1CC(O)c1cc2c(s1)CCCCC2. The number of aliphatic hydroxyl groups is 1. The lowest BCUT2D eigenvalue weighted by Gasteiger charge is -2.07. The maximum Gasteiger partial charge on any atom is 0.138 e. The van der Waals surface area contributed by atoms with E-state index < -0.39 is 6.10 Å². The van der Waals surface area contributed by atoms with Crippen LogP contribution in [0.5, 0.6) is 0 Å². The van der Waals surface area contributed by atoms with Crippen molar-refractivity contribution in [2.45, 2.75) is 44.6 Å². The van der Waals surface area contributed by atoms with Crippen LogP contribution in [0.25, 0.3) is 0 Å². The summed E-state index contributed by atoms with van der Waals surface area (Å²) in [6, 6.07) is 2.20. The maximum absolute atomic E-state index is 10.4. The monoisotopic (exact) mass is 277 g/mol. The van der Waals surface area contributed by atoms with Gasteiger partial charge in [-0.2, -0.15) is 5.10 Å². The molecule has 0 aromatic carbocycles. The predicted molar refractivity (Wildman–Crippen MR) is 75.2 cm³/mol. The van der Waals surface area contributed by atoms with Gasteiger partial charge in [-0.05, 0) is 37.3 Å². The largest absolute Gasteiger partial charge is 0.387 e. The Morgan fingerprint density at radius 1 is 1.37 bits per heavy atom. The Kier molecular flexibility index (Phi) is 3.66. The van der Waals surface area contributed by atoms with Crippen molar-refractivity contribution in [3.63, 3.8) is 0 Å². The topological polar surface area (TPSA) is 50.9 Å². The molecule has 0 bridgehead atoms. The van der Waals surface area contributed by atoms with Gasteiger partial charge in [0.25, 0.3) is 0 Å². The highest BCUT2D eigenvalue weighted by Gasteiger charge is 2.18. The van der Waals surface area contributed by atoms with E-state index in [1.54, 1.807) is 16.0 Å². The van der Waals surface area contributed by atoms with Gasteiger partial charge >= 0.3 is 0 Å². The number of fused-ring (bicyclic) bond motifs is 1. The maximum atomic E-state index is 10.4. The van der Waals surface area contributed by atoms with Crippen molar-refractivity contribution < 1.29 is 5.11 Å². The Labute approximate surface area is 117 Å². The van der Waals surface area contributed by atoms with Crippen LogP contribution in [0.1, 0.15) is 46.5 Å². The minimum Gasteiger partial charge on any atom is -0.387 e. The molecule has 102 valence electrons. The van der Waals surface area contributed by atoms with Crippen molar-refractivity contribution in [1.29, 1.82) is 0 Å². The number of hydrogen-bond donors (Lipinski definition) is 1. The molecule has 19 heavy (non-hydrogen) atoms. The van der Waals surface area contributed by atoms with Crippen LogP contribution in [-0.4, -0.2) is 19.9 Å². The molecule has 3 rings (SSSR count). The summed E-state index contributed by atoms with van der Waals surface area (Å²) in [5.74, 6) is 0.830. The molecule has 0 spiro atoms. The molecule has 1 aliphatic carbocycles. The number of aromatic nitrogens is 3. The molecular weight excluding hydrogens is 258 g/mol. The van der Waals surface area contributed by atoms with Crippen molar-refractivity contribution in [1.82, 2.24) is 14.8 Å². The summed E-state index contributed by atoms with van der Waals surface area (Å²) < 4.78 is 1.72. The summed E-state index contributed by atoms with van der Waals surface area (Å²) in [6.07, 6.45) is 7.85. The standard InChI is InChI=1S/C14H19N3OS/c1-17-14(15-9-16-17)8-11(18)13-7-10-5-3-2-4-6-12(10)19-13/h7,9,11,18H,2-6,8H2,1H3. The number of thiophene rings is 1. The van der Waals surface area contributed by atoms with Crippen molar-refractivity contribution in [2.75, 3.05) is 0 Å². The van der Waals surface area contributed by atoms with Gasteiger partial charge in [0.15, 0.2) is 0 Å². The van der Waals surface area contributed by atoms with Crippen molar-refractivity contribution in [3.8, 4) is 0 Å². The summed E-state index contributed by atoms with van der Waals surface area (Å²) >= 11 is 1.78. The number of hydrogen-bond acceptors (Lipinski definition) is 4. The number of aryl methyl sites for hydroxylation is 3. The van der Waals surface area contributed by atoms with Crippen molar-refractivity contribution in [3.05, 3.63) is 33.5 Å². The van der Waals surface area contributed by atoms with E-state index in [0.29, 0.717) is 6.42 Å². The Bertz CT molecular complexity index is 537. The van der Waals surface area contributed by atoms with E-state index >= 15 is 0 Å². The second-order valence-electron chi connectivity index (χ2n) is 5.18. The molecule has 2 aromatic rings. The van der Waals surface area contributed by atoms with E-state index in [2.05, 4.69) is 16.1 Å². The summed E-state index contributed by atoms with van der Waals surface area (Å²) in [4.78, 5) is 6.73. The minimum atomic E-state index is -0.458. The molecule has 0 saturated carbocycles. The third-order valence-electron chi connectivity index (χ3n) is 3.78. The fraction of sp³-hybridized carbons (Fsp3) is 0.571. The first-order valence-corrected chi connectivity index (χ1v) is 7.68. The van der Waals surface area contributed by atoms with Crippen LogP contribution >= 0.6 is 11.3 Å². The van der Waals surface area contributed by atoms with Crippen LogP contribution in [0, 0.1) is 0 Å². The molecule has 1 unspecified atom stereocenters. The zero-order chi connectivity index (χ0) is 13.2. The van der Waals surface area contributed by atoms with E-state index in [-0.39, 0.29) is 0 Å². The fourth-order valence-electron chi connectivity index (χ4n) is 2.63. The van der Waals surface area contributed by atoms with Crippen molar-refractivity contribution >= 4 is 11.3 Å². The molecule has 0 aliphatic heterocycles. The van der Waals surface area contributed by atoms with E-state index in [1.165, 1.54) is 48.9 Å². The lowest BCUT2D eigenvalue weighted by atomic mass is 10.1. The Morgan fingerprint density at radius 2 is 2.21 bits per heavy atom. The van der Waals surface area contributed by atoms with Gasteiger partial charge in [-0.1, -0.05) is 6.42 Å². The summed E-state index contributed by atoms with van der Waals surface area (Å²) in [5, 5.41) is 14.4. The van der Waals surface area contributed by atoms with Crippen molar-refractivity contribution in [2.24, 2.45) is 7.05 Å². The molecule has 0 saturated heterocycles. The highest BCUT2D eigenvalue weighted by atomic mass is 32.1. The van der Waals surface area contributed by atoms with Gasteiger partial charge in [0, 0.05) is 23.2 Å². The van der Waals surface area contributed by atoms with Gasteiger partial charge in [-0.25, -0.2) is 4.98 Å². The zero-order valence-corrected chi connectivity index (χ0v) is 12.0.